The van der Waals surface area contributed by atoms with E-state index in [9.17, 15) is 4.79 Å². The van der Waals surface area contributed by atoms with Crippen molar-refractivity contribution < 1.29 is 9.90 Å². The van der Waals surface area contributed by atoms with Crippen LogP contribution < -0.4 is 5.73 Å². The van der Waals surface area contributed by atoms with Gasteiger partial charge in [-0.2, -0.15) is 0 Å². The summed E-state index contributed by atoms with van der Waals surface area (Å²) in [5.74, 6) is -0.901. The zero-order valence-corrected chi connectivity index (χ0v) is 9.65. The van der Waals surface area contributed by atoms with E-state index in [1.54, 1.807) is 18.2 Å². The van der Waals surface area contributed by atoms with Crippen molar-refractivity contribution in [3.05, 3.63) is 35.4 Å². The summed E-state index contributed by atoms with van der Waals surface area (Å²) in [5.41, 5.74) is 7.08. The Morgan fingerprint density at radius 1 is 1.38 bits per heavy atom. The van der Waals surface area contributed by atoms with Crippen LogP contribution in [0, 0.1) is 0 Å². The number of nitrogens with two attached hydrogens (primary N) is 1. The molecule has 1 aromatic carbocycles. The van der Waals surface area contributed by atoms with Crippen LogP contribution in [0.5, 0.6) is 0 Å². The predicted octanol–water partition coefficient (Wildman–Crippen LogP) is 2.96. The first-order valence-electron chi connectivity index (χ1n) is 5.74. The number of unbranched alkanes of at least 4 members (excludes halogenated alkanes) is 2. The predicted molar refractivity (Wildman–Crippen MR) is 64.5 cm³/mol. The normalized spacial score (nSPS) is 12.4. The number of rotatable bonds is 6. The molecule has 0 saturated carbocycles. The molecule has 1 aromatic rings. The number of benzene rings is 1. The number of aromatic carboxylic acids is 1. The molecule has 0 bridgehead atoms. The van der Waals surface area contributed by atoms with Crippen LogP contribution in [0.1, 0.15) is 54.6 Å². The molecule has 0 amide bonds. The second-order valence-corrected chi connectivity index (χ2v) is 3.99. The van der Waals surface area contributed by atoms with Gasteiger partial charge in [0.05, 0.1) is 5.56 Å². The van der Waals surface area contributed by atoms with Crippen molar-refractivity contribution in [1.29, 1.82) is 0 Å². The van der Waals surface area contributed by atoms with Crippen molar-refractivity contribution >= 4 is 5.97 Å². The van der Waals surface area contributed by atoms with Gasteiger partial charge in [0.2, 0.25) is 0 Å². The van der Waals surface area contributed by atoms with Crippen molar-refractivity contribution in [1.82, 2.24) is 0 Å². The van der Waals surface area contributed by atoms with Gasteiger partial charge in [-0.15, -0.1) is 0 Å². The van der Waals surface area contributed by atoms with Crippen molar-refractivity contribution in [2.45, 2.75) is 38.6 Å². The lowest BCUT2D eigenvalue weighted by molar-refractivity contribution is 0.0695. The molecule has 0 radical (unpaired) electrons. The van der Waals surface area contributed by atoms with Gasteiger partial charge in [-0.3, -0.25) is 0 Å². The summed E-state index contributed by atoms with van der Waals surface area (Å²) >= 11 is 0. The first-order valence-corrected chi connectivity index (χ1v) is 5.74. The summed E-state index contributed by atoms with van der Waals surface area (Å²) in [6.07, 6.45) is 4.18. The van der Waals surface area contributed by atoms with Crippen LogP contribution in [-0.2, 0) is 0 Å². The first-order chi connectivity index (χ1) is 7.66. The van der Waals surface area contributed by atoms with Gasteiger partial charge < -0.3 is 10.8 Å². The molecular formula is C13H19NO2. The van der Waals surface area contributed by atoms with Crippen LogP contribution in [0.25, 0.3) is 0 Å². The van der Waals surface area contributed by atoms with Crippen LogP contribution in [0.15, 0.2) is 24.3 Å². The van der Waals surface area contributed by atoms with E-state index < -0.39 is 5.97 Å². The smallest absolute Gasteiger partial charge is 0.336 e. The minimum atomic E-state index is -0.901. The van der Waals surface area contributed by atoms with Gasteiger partial charge in [0.15, 0.2) is 0 Å². The second-order valence-electron chi connectivity index (χ2n) is 3.99. The Balaban J connectivity index is 2.74. The third-order valence-corrected chi connectivity index (χ3v) is 2.71. The SMILES string of the molecule is CCCCC[C@@H](N)c1ccccc1C(=O)O. The van der Waals surface area contributed by atoms with Gasteiger partial charge in [-0.1, -0.05) is 44.4 Å². The molecule has 0 aliphatic heterocycles. The molecule has 0 unspecified atom stereocenters. The largest absolute Gasteiger partial charge is 0.478 e. The maximum Gasteiger partial charge on any atom is 0.336 e. The van der Waals surface area contributed by atoms with Gasteiger partial charge in [-0.25, -0.2) is 4.79 Å². The Kier molecular flexibility index (Phi) is 4.99. The van der Waals surface area contributed by atoms with Crippen molar-refractivity contribution in [2.24, 2.45) is 5.73 Å². The molecule has 16 heavy (non-hydrogen) atoms. The van der Waals surface area contributed by atoms with Crippen molar-refractivity contribution in [2.75, 3.05) is 0 Å². The highest BCUT2D eigenvalue weighted by molar-refractivity contribution is 5.89. The van der Waals surface area contributed by atoms with Gasteiger partial charge >= 0.3 is 5.97 Å². The monoisotopic (exact) mass is 221 g/mol. The van der Waals surface area contributed by atoms with Crippen LogP contribution in [-0.4, -0.2) is 11.1 Å². The topological polar surface area (TPSA) is 63.3 Å². The quantitative estimate of drug-likeness (QED) is 0.726. The Bertz CT molecular complexity index is 350. The highest BCUT2D eigenvalue weighted by atomic mass is 16.4. The Hall–Kier alpha value is -1.35. The minimum absolute atomic E-state index is 0.168. The molecular weight excluding hydrogens is 202 g/mol. The number of hydrogen-bond acceptors (Lipinski definition) is 2. The Labute approximate surface area is 96.3 Å². The minimum Gasteiger partial charge on any atom is -0.478 e. The van der Waals surface area contributed by atoms with E-state index in [0.29, 0.717) is 5.56 Å². The summed E-state index contributed by atoms with van der Waals surface area (Å²) in [7, 11) is 0. The van der Waals surface area contributed by atoms with E-state index in [-0.39, 0.29) is 6.04 Å². The number of carboxylic acid groups (broad SMARTS) is 1. The zero-order valence-electron chi connectivity index (χ0n) is 9.65. The van der Waals surface area contributed by atoms with E-state index in [2.05, 4.69) is 6.92 Å². The zero-order chi connectivity index (χ0) is 12.0. The summed E-state index contributed by atoms with van der Waals surface area (Å²) in [6, 6.07) is 6.81. The molecule has 3 N–H and O–H groups in total. The highest BCUT2D eigenvalue weighted by Crippen LogP contribution is 2.21. The molecule has 3 nitrogen and oxygen atoms in total. The second kappa shape index (κ2) is 6.28. The molecule has 0 saturated heterocycles. The lowest BCUT2D eigenvalue weighted by Gasteiger charge is -2.14. The van der Waals surface area contributed by atoms with Crippen molar-refractivity contribution in [3.63, 3.8) is 0 Å². The summed E-state index contributed by atoms with van der Waals surface area (Å²) in [4.78, 5) is 11.0. The number of carbonyl (C=O) groups is 1. The molecule has 0 aliphatic rings. The van der Waals surface area contributed by atoms with E-state index in [0.717, 1.165) is 31.2 Å². The Morgan fingerprint density at radius 2 is 2.06 bits per heavy atom. The molecule has 0 aliphatic carbocycles. The molecule has 1 atom stereocenters. The summed E-state index contributed by atoms with van der Waals surface area (Å²) in [5, 5.41) is 9.03. The Morgan fingerprint density at radius 3 is 2.69 bits per heavy atom. The fourth-order valence-electron chi connectivity index (χ4n) is 1.78. The molecule has 88 valence electrons. The average Bonchev–Trinajstić information content (AvgIpc) is 2.29. The van der Waals surface area contributed by atoms with Crippen molar-refractivity contribution in [3.8, 4) is 0 Å². The summed E-state index contributed by atoms with van der Waals surface area (Å²) < 4.78 is 0. The van der Waals surface area contributed by atoms with Crippen LogP contribution in [0.3, 0.4) is 0 Å². The van der Waals surface area contributed by atoms with Crippen LogP contribution >= 0.6 is 0 Å². The standard InChI is InChI=1S/C13H19NO2/c1-2-3-4-9-12(14)10-7-5-6-8-11(10)13(15)16/h5-8,12H,2-4,9,14H2,1H3,(H,15,16)/t12-/m1/s1. The van der Waals surface area contributed by atoms with Gasteiger partial charge in [-0.05, 0) is 18.1 Å². The maximum absolute atomic E-state index is 11.0. The average molecular weight is 221 g/mol. The molecule has 0 aromatic heterocycles. The molecule has 0 spiro atoms. The van der Waals surface area contributed by atoms with Gasteiger partial charge in [0.25, 0.3) is 0 Å². The van der Waals surface area contributed by atoms with E-state index >= 15 is 0 Å². The molecule has 0 heterocycles. The first kappa shape index (κ1) is 12.7. The molecule has 0 fully saturated rings. The molecule has 3 heteroatoms. The van der Waals surface area contributed by atoms with Gasteiger partial charge in [0.1, 0.15) is 0 Å². The lowest BCUT2D eigenvalue weighted by Crippen LogP contribution is -2.14. The van der Waals surface area contributed by atoms with E-state index in [4.69, 9.17) is 10.8 Å². The number of hydrogen-bond donors (Lipinski definition) is 2. The van der Waals surface area contributed by atoms with Crippen LogP contribution in [0.2, 0.25) is 0 Å². The third-order valence-electron chi connectivity index (χ3n) is 2.71. The van der Waals surface area contributed by atoms with Crippen LogP contribution in [0.4, 0.5) is 0 Å². The number of carboxylic acids is 1. The lowest BCUT2D eigenvalue weighted by atomic mass is 9.96. The molecule has 1 rings (SSSR count). The summed E-state index contributed by atoms with van der Waals surface area (Å²) in [6.45, 7) is 2.14. The third kappa shape index (κ3) is 3.35. The fourth-order valence-corrected chi connectivity index (χ4v) is 1.78. The highest BCUT2D eigenvalue weighted by Gasteiger charge is 2.14. The van der Waals surface area contributed by atoms with E-state index in [1.807, 2.05) is 6.07 Å². The maximum atomic E-state index is 11.0. The van der Waals surface area contributed by atoms with E-state index in [1.165, 1.54) is 0 Å². The fraction of sp³-hybridized carbons (Fsp3) is 0.462. The van der Waals surface area contributed by atoms with Gasteiger partial charge in [0, 0.05) is 6.04 Å².